The highest BCUT2D eigenvalue weighted by Crippen LogP contribution is 2.30. The maximum atomic E-state index is 8.97. The normalized spacial score (nSPS) is 10.8. The summed E-state index contributed by atoms with van der Waals surface area (Å²) in [5.41, 5.74) is 2.28. The smallest absolute Gasteiger partial charge is 0.161 e. The van der Waals surface area contributed by atoms with Gasteiger partial charge in [-0.05, 0) is 43.1 Å². The number of hydrogen-bond donors (Lipinski definition) is 3. The minimum Gasteiger partial charge on any atom is -0.493 e. The number of aryl methyl sites for hydroxylation is 1. The largest absolute Gasteiger partial charge is 0.493 e. The number of benzene rings is 1. The van der Waals surface area contributed by atoms with E-state index >= 15 is 0 Å². The summed E-state index contributed by atoms with van der Waals surface area (Å²) >= 11 is 0. The fraction of sp³-hybridized carbons (Fsp3) is 0.571. The van der Waals surface area contributed by atoms with Crippen LogP contribution < -0.4 is 14.8 Å². The van der Waals surface area contributed by atoms with E-state index in [9.17, 15) is 0 Å². The lowest BCUT2D eigenvalue weighted by molar-refractivity contribution is 0.171. The molecular formula is C14H23NO4. The molecule has 0 radical (unpaired) electrons. The van der Waals surface area contributed by atoms with Crippen molar-refractivity contribution >= 4 is 0 Å². The molecule has 0 spiro atoms. The van der Waals surface area contributed by atoms with E-state index < -0.39 is 0 Å². The summed E-state index contributed by atoms with van der Waals surface area (Å²) in [7, 11) is 3.23. The maximum absolute atomic E-state index is 8.97. The van der Waals surface area contributed by atoms with Gasteiger partial charge in [0.15, 0.2) is 11.5 Å². The molecule has 0 aliphatic carbocycles. The van der Waals surface area contributed by atoms with Crippen LogP contribution in [-0.2, 0) is 6.42 Å². The van der Waals surface area contributed by atoms with E-state index in [2.05, 4.69) is 5.32 Å². The van der Waals surface area contributed by atoms with Gasteiger partial charge in [-0.3, -0.25) is 0 Å². The molecule has 1 aromatic rings. The molecular weight excluding hydrogens is 246 g/mol. The van der Waals surface area contributed by atoms with Crippen molar-refractivity contribution in [2.24, 2.45) is 0 Å². The topological polar surface area (TPSA) is 71.0 Å². The fourth-order valence-corrected chi connectivity index (χ4v) is 1.89. The SMILES string of the molecule is COc1cc(C)c(CCNC(CO)CO)cc1OC. The molecule has 108 valence electrons. The van der Waals surface area contributed by atoms with Crippen molar-refractivity contribution < 1.29 is 19.7 Å². The molecule has 0 bridgehead atoms. The third-order valence-corrected chi connectivity index (χ3v) is 3.11. The number of aliphatic hydroxyl groups excluding tert-OH is 2. The summed E-state index contributed by atoms with van der Waals surface area (Å²) in [5.74, 6) is 1.43. The van der Waals surface area contributed by atoms with Crippen molar-refractivity contribution in [2.75, 3.05) is 34.0 Å². The van der Waals surface area contributed by atoms with Crippen molar-refractivity contribution in [3.05, 3.63) is 23.3 Å². The van der Waals surface area contributed by atoms with Gasteiger partial charge in [0, 0.05) is 0 Å². The Kier molecular flexibility index (Phi) is 6.62. The molecule has 1 aromatic carbocycles. The molecule has 3 N–H and O–H groups in total. The highest BCUT2D eigenvalue weighted by atomic mass is 16.5. The zero-order chi connectivity index (χ0) is 14.3. The maximum Gasteiger partial charge on any atom is 0.161 e. The Morgan fingerprint density at radius 2 is 1.68 bits per heavy atom. The molecule has 0 aliphatic rings. The number of hydrogen-bond acceptors (Lipinski definition) is 5. The van der Waals surface area contributed by atoms with Crippen LogP contribution in [0.15, 0.2) is 12.1 Å². The monoisotopic (exact) mass is 269 g/mol. The summed E-state index contributed by atoms with van der Waals surface area (Å²) in [6.07, 6.45) is 0.794. The summed E-state index contributed by atoms with van der Waals surface area (Å²) in [4.78, 5) is 0. The van der Waals surface area contributed by atoms with Crippen LogP contribution in [0.25, 0.3) is 0 Å². The predicted octanol–water partition coefficient (Wildman–Crippen LogP) is 0.498. The summed E-state index contributed by atoms with van der Waals surface area (Å²) in [5, 5.41) is 21.0. The number of rotatable bonds is 8. The average molecular weight is 269 g/mol. The molecule has 0 aromatic heterocycles. The van der Waals surface area contributed by atoms with Crippen LogP contribution in [-0.4, -0.2) is 50.2 Å². The summed E-state index contributed by atoms with van der Waals surface area (Å²) in [6.45, 7) is 2.57. The Morgan fingerprint density at radius 3 is 2.21 bits per heavy atom. The van der Waals surface area contributed by atoms with E-state index in [0.717, 1.165) is 23.3 Å². The van der Waals surface area contributed by atoms with Crippen LogP contribution in [0.2, 0.25) is 0 Å². The average Bonchev–Trinajstić information content (AvgIpc) is 2.44. The Balaban J connectivity index is 2.68. The highest BCUT2D eigenvalue weighted by molar-refractivity contribution is 5.47. The van der Waals surface area contributed by atoms with E-state index in [1.807, 2.05) is 19.1 Å². The number of ether oxygens (including phenoxy) is 2. The third kappa shape index (κ3) is 4.38. The second kappa shape index (κ2) is 7.99. The fourth-order valence-electron chi connectivity index (χ4n) is 1.89. The van der Waals surface area contributed by atoms with Crippen molar-refractivity contribution in [2.45, 2.75) is 19.4 Å². The van der Waals surface area contributed by atoms with Crippen LogP contribution >= 0.6 is 0 Å². The molecule has 0 atom stereocenters. The molecule has 0 amide bonds. The van der Waals surface area contributed by atoms with E-state index in [1.165, 1.54) is 0 Å². The zero-order valence-electron chi connectivity index (χ0n) is 11.8. The first-order chi connectivity index (χ1) is 9.15. The first-order valence-electron chi connectivity index (χ1n) is 6.32. The second-order valence-corrected chi connectivity index (χ2v) is 4.40. The van der Waals surface area contributed by atoms with E-state index in [-0.39, 0.29) is 19.3 Å². The van der Waals surface area contributed by atoms with Crippen molar-refractivity contribution in [1.29, 1.82) is 0 Å². The van der Waals surface area contributed by atoms with E-state index in [0.29, 0.717) is 12.3 Å². The minimum atomic E-state index is -0.263. The van der Waals surface area contributed by atoms with Crippen molar-refractivity contribution in [1.82, 2.24) is 5.32 Å². The molecule has 0 unspecified atom stereocenters. The minimum absolute atomic E-state index is 0.0680. The van der Waals surface area contributed by atoms with Crippen LogP contribution in [0.5, 0.6) is 11.5 Å². The summed E-state index contributed by atoms with van der Waals surface area (Å²) < 4.78 is 10.5. The van der Waals surface area contributed by atoms with Gasteiger partial charge in [0.1, 0.15) is 0 Å². The van der Waals surface area contributed by atoms with Crippen LogP contribution in [0.1, 0.15) is 11.1 Å². The third-order valence-electron chi connectivity index (χ3n) is 3.11. The molecule has 5 nitrogen and oxygen atoms in total. The second-order valence-electron chi connectivity index (χ2n) is 4.40. The lowest BCUT2D eigenvalue weighted by atomic mass is 10.0. The molecule has 1 rings (SSSR count). The van der Waals surface area contributed by atoms with Gasteiger partial charge >= 0.3 is 0 Å². The van der Waals surface area contributed by atoms with Crippen molar-refractivity contribution in [3.63, 3.8) is 0 Å². The van der Waals surface area contributed by atoms with Gasteiger partial charge in [0.2, 0.25) is 0 Å². The van der Waals surface area contributed by atoms with Crippen LogP contribution in [0, 0.1) is 6.92 Å². The van der Waals surface area contributed by atoms with E-state index in [4.69, 9.17) is 19.7 Å². The first-order valence-corrected chi connectivity index (χ1v) is 6.32. The highest BCUT2D eigenvalue weighted by Gasteiger charge is 2.09. The number of nitrogens with one attached hydrogen (secondary N) is 1. The quantitative estimate of drug-likeness (QED) is 0.641. The van der Waals surface area contributed by atoms with Gasteiger partial charge in [-0.1, -0.05) is 0 Å². The van der Waals surface area contributed by atoms with Gasteiger partial charge < -0.3 is 25.0 Å². The van der Waals surface area contributed by atoms with Gasteiger partial charge in [0.25, 0.3) is 0 Å². The van der Waals surface area contributed by atoms with Crippen LogP contribution in [0.4, 0.5) is 0 Å². The van der Waals surface area contributed by atoms with Crippen molar-refractivity contribution in [3.8, 4) is 11.5 Å². The molecule has 0 fully saturated rings. The Bertz CT molecular complexity index is 391. The van der Waals surface area contributed by atoms with Gasteiger partial charge in [-0.25, -0.2) is 0 Å². The van der Waals surface area contributed by atoms with Crippen LogP contribution in [0.3, 0.4) is 0 Å². The molecule has 0 aliphatic heterocycles. The van der Waals surface area contributed by atoms with Gasteiger partial charge in [0.05, 0.1) is 33.5 Å². The number of aliphatic hydroxyl groups is 2. The first kappa shape index (κ1) is 15.8. The Morgan fingerprint density at radius 1 is 1.11 bits per heavy atom. The molecule has 5 heteroatoms. The van der Waals surface area contributed by atoms with Gasteiger partial charge in [-0.2, -0.15) is 0 Å². The zero-order valence-corrected chi connectivity index (χ0v) is 11.8. The Hall–Kier alpha value is -1.30. The lowest BCUT2D eigenvalue weighted by Gasteiger charge is -2.15. The standard InChI is InChI=1S/C14H23NO4/c1-10-6-13(18-2)14(19-3)7-11(10)4-5-15-12(8-16)9-17/h6-7,12,15-17H,4-5,8-9H2,1-3H3. The lowest BCUT2D eigenvalue weighted by Crippen LogP contribution is -2.37. The summed E-state index contributed by atoms with van der Waals surface area (Å²) in [6, 6.07) is 3.65. The Labute approximate surface area is 114 Å². The van der Waals surface area contributed by atoms with E-state index in [1.54, 1.807) is 14.2 Å². The molecule has 0 saturated carbocycles. The van der Waals surface area contributed by atoms with Gasteiger partial charge in [-0.15, -0.1) is 0 Å². The molecule has 0 saturated heterocycles. The molecule has 19 heavy (non-hydrogen) atoms. The number of methoxy groups -OCH3 is 2. The molecule has 0 heterocycles. The predicted molar refractivity (Wildman–Crippen MR) is 73.9 cm³/mol.